The summed E-state index contributed by atoms with van der Waals surface area (Å²) in [6, 6.07) is 10.6. The number of hydrogen-bond donors (Lipinski definition) is 0. The van der Waals surface area contributed by atoms with Gasteiger partial charge in [-0.1, -0.05) is 6.07 Å². The summed E-state index contributed by atoms with van der Waals surface area (Å²) in [7, 11) is 0. The predicted octanol–water partition coefficient (Wildman–Crippen LogP) is 5.82. The average molecular weight is 418 g/mol. The lowest BCUT2D eigenvalue weighted by molar-refractivity contribution is 0.221. The van der Waals surface area contributed by atoms with E-state index < -0.39 is 11.6 Å². The van der Waals surface area contributed by atoms with Gasteiger partial charge in [0.1, 0.15) is 11.6 Å². The van der Waals surface area contributed by atoms with Gasteiger partial charge in [0.15, 0.2) is 11.6 Å². The summed E-state index contributed by atoms with van der Waals surface area (Å²) in [5.74, 6) is -1.35. The molecule has 2 heterocycles. The summed E-state index contributed by atoms with van der Waals surface area (Å²) in [6.07, 6.45) is 2.04. The molecule has 0 aliphatic carbocycles. The molecule has 0 spiro atoms. The zero-order chi connectivity index (χ0) is 20.4. The van der Waals surface area contributed by atoms with E-state index in [1.54, 1.807) is 18.7 Å². The highest BCUT2D eigenvalue weighted by molar-refractivity contribution is 8.00. The molecule has 7 heteroatoms. The van der Waals surface area contributed by atoms with Crippen LogP contribution in [-0.4, -0.2) is 28.2 Å². The molecule has 0 radical (unpaired) electrons. The molecule has 0 atom stereocenters. The van der Waals surface area contributed by atoms with Crippen LogP contribution in [-0.2, 0) is 6.54 Å². The summed E-state index contributed by atoms with van der Waals surface area (Å²) < 4.78 is 46.2. The zero-order valence-corrected chi connectivity index (χ0v) is 16.8. The Morgan fingerprint density at radius 3 is 2.52 bits per heavy atom. The number of aryl methyl sites for hydroxylation is 1. The molecular formula is C22H21F3N2OS. The van der Waals surface area contributed by atoms with E-state index in [2.05, 4.69) is 9.88 Å². The second kappa shape index (κ2) is 8.63. The molecule has 0 amide bonds. The van der Waals surface area contributed by atoms with Crippen LogP contribution in [0.4, 0.5) is 13.2 Å². The molecule has 0 bridgehead atoms. The summed E-state index contributed by atoms with van der Waals surface area (Å²) >= 11 is 1.78. The van der Waals surface area contributed by atoms with Crippen molar-refractivity contribution in [3.05, 3.63) is 71.4 Å². The van der Waals surface area contributed by atoms with Crippen LogP contribution in [0, 0.1) is 24.4 Å². The van der Waals surface area contributed by atoms with Gasteiger partial charge in [-0.2, -0.15) is 0 Å². The summed E-state index contributed by atoms with van der Waals surface area (Å²) in [4.78, 5) is 7.79. The smallest absolute Gasteiger partial charge is 0.229 e. The Kier molecular flexibility index (Phi) is 5.96. The topological polar surface area (TPSA) is 29.3 Å². The van der Waals surface area contributed by atoms with Gasteiger partial charge >= 0.3 is 0 Å². The Balaban J connectivity index is 1.36. The van der Waals surface area contributed by atoms with E-state index in [1.807, 2.05) is 12.1 Å². The molecule has 0 unspecified atom stereocenters. The normalized spacial score (nSPS) is 15.7. The maximum Gasteiger partial charge on any atom is 0.229 e. The van der Waals surface area contributed by atoms with Gasteiger partial charge in [-0.15, -0.1) is 11.8 Å². The Hall–Kier alpha value is -2.25. The van der Waals surface area contributed by atoms with Crippen LogP contribution in [0.1, 0.15) is 24.3 Å². The first-order valence-electron chi connectivity index (χ1n) is 9.55. The molecule has 2 aromatic carbocycles. The second-order valence-corrected chi connectivity index (χ2v) is 8.54. The molecule has 29 heavy (non-hydrogen) atoms. The van der Waals surface area contributed by atoms with Crippen molar-refractivity contribution < 1.29 is 17.6 Å². The van der Waals surface area contributed by atoms with Gasteiger partial charge in [0.05, 0.1) is 11.3 Å². The number of nitrogens with zero attached hydrogens (tertiary/aromatic N) is 2. The SMILES string of the molecule is Cc1oc(-c2cccc(F)c2F)nc1CN1CCC(Sc2ccc(F)cc2)CC1. The lowest BCUT2D eigenvalue weighted by atomic mass is 10.1. The number of thioether (sulfide) groups is 1. The fourth-order valence-corrected chi connectivity index (χ4v) is 4.59. The Morgan fingerprint density at radius 1 is 1.07 bits per heavy atom. The van der Waals surface area contributed by atoms with Crippen molar-refractivity contribution in [1.29, 1.82) is 0 Å². The Morgan fingerprint density at radius 2 is 1.79 bits per heavy atom. The minimum absolute atomic E-state index is 0.0359. The third-order valence-electron chi connectivity index (χ3n) is 5.10. The molecule has 1 aliphatic heterocycles. The zero-order valence-electron chi connectivity index (χ0n) is 16.0. The molecule has 1 fully saturated rings. The summed E-state index contributed by atoms with van der Waals surface area (Å²) in [5.41, 5.74) is 0.780. The maximum absolute atomic E-state index is 14.0. The van der Waals surface area contributed by atoms with Gasteiger partial charge in [0, 0.05) is 16.7 Å². The van der Waals surface area contributed by atoms with E-state index in [-0.39, 0.29) is 17.3 Å². The van der Waals surface area contributed by atoms with Crippen molar-refractivity contribution in [3.8, 4) is 11.5 Å². The van der Waals surface area contributed by atoms with Crippen LogP contribution >= 0.6 is 11.8 Å². The maximum atomic E-state index is 14.0. The number of halogens is 3. The van der Waals surface area contributed by atoms with Crippen molar-refractivity contribution in [2.45, 2.75) is 36.5 Å². The predicted molar refractivity (Wildman–Crippen MR) is 107 cm³/mol. The highest BCUT2D eigenvalue weighted by atomic mass is 32.2. The van der Waals surface area contributed by atoms with Gasteiger partial charge in [-0.3, -0.25) is 4.90 Å². The van der Waals surface area contributed by atoms with Gasteiger partial charge < -0.3 is 4.42 Å². The Labute approximate surface area is 171 Å². The first kappa shape index (κ1) is 20.0. The largest absolute Gasteiger partial charge is 0.441 e. The van der Waals surface area contributed by atoms with E-state index in [0.717, 1.165) is 42.6 Å². The van der Waals surface area contributed by atoms with E-state index in [9.17, 15) is 13.2 Å². The molecule has 3 nitrogen and oxygen atoms in total. The number of piperidine rings is 1. The molecular weight excluding hydrogens is 397 g/mol. The van der Waals surface area contributed by atoms with Crippen LogP contribution in [0.15, 0.2) is 51.8 Å². The van der Waals surface area contributed by atoms with Crippen LogP contribution in [0.3, 0.4) is 0 Å². The summed E-state index contributed by atoms with van der Waals surface area (Å²) in [5, 5.41) is 0.493. The van der Waals surface area contributed by atoms with Gasteiger partial charge in [-0.05, 0) is 69.3 Å². The number of aromatic nitrogens is 1. The van der Waals surface area contributed by atoms with Crippen LogP contribution in [0.25, 0.3) is 11.5 Å². The van der Waals surface area contributed by atoms with Crippen molar-refractivity contribution in [1.82, 2.24) is 9.88 Å². The second-order valence-electron chi connectivity index (χ2n) is 7.17. The van der Waals surface area contributed by atoms with Crippen LogP contribution in [0.5, 0.6) is 0 Å². The number of hydrogen-bond acceptors (Lipinski definition) is 4. The molecule has 0 saturated carbocycles. The third kappa shape index (κ3) is 4.67. The first-order valence-corrected chi connectivity index (χ1v) is 10.4. The van der Waals surface area contributed by atoms with Crippen molar-refractivity contribution >= 4 is 11.8 Å². The first-order chi connectivity index (χ1) is 14.0. The molecule has 4 rings (SSSR count). The lowest BCUT2D eigenvalue weighted by Gasteiger charge is -2.31. The minimum atomic E-state index is -0.945. The van der Waals surface area contributed by atoms with Crippen molar-refractivity contribution in [3.63, 3.8) is 0 Å². The van der Waals surface area contributed by atoms with Gasteiger partial charge in [-0.25, -0.2) is 18.2 Å². The minimum Gasteiger partial charge on any atom is -0.441 e. The molecule has 3 aromatic rings. The number of benzene rings is 2. The number of oxazole rings is 1. The van der Waals surface area contributed by atoms with E-state index in [1.165, 1.54) is 24.3 Å². The van der Waals surface area contributed by atoms with E-state index in [4.69, 9.17) is 4.42 Å². The molecule has 152 valence electrons. The highest BCUT2D eigenvalue weighted by Gasteiger charge is 2.23. The molecule has 1 aromatic heterocycles. The Bertz CT molecular complexity index is 982. The third-order valence-corrected chi connectivity index (χ3v) is 6.45. The fraction of sp³-hybridized carbons (Fsp3) is 0.318. The van der Waals surface area contributed by atoms with E-state index in [0.29, 0.717) is 17.6 Å². The lowest BCUT2D eigenvalue weighted by Crippen LogP contribution is -2.34. The molecule has 1 saturated heterocycles. The van der Waals surface area contributed by atoms with Crippen molar-refractivity contribution in [2.24, 2.45) is 0 Å². The molecule has 1 aliphatic rings. The monoisotopic (exact) mass is 418 g/mol. The van der Waals surface area contributed by atoms with Crippen molar-refractivity contribution in [2.75, 3.05) is 13.1 Å². The van der Waals surface area contributed by atoms with Gasteiger partial charge in [0.25, 0.3) is 0 Å². The highest BCUT2D eigenvalue weighted by Crippen LogP contribution is 2.31. The summed E-state index contributed by atoms with van der Waals surface area (Å²) in [6.45, 7) is 4.23. The van der Waals surface area contributed by atoms with E-state index >= 15 is 0 Å². The molecule has 0 N–H and O–H groups in total. The quantitative estimate of drug-likeness (QED) is 0.522. The van der Waals surface area contributed by atoms with Crippen LogP contribution in [0.2, 0.25) is 0 Å². The standard InChI is InChI=1S/C22H21F3N2OS/c1-14-20(26-22(28-14)18-3-2-4-19(24)21(18)25)13-27-11-9-17(10-12-27)29-16-7-5-15(23)6-8-16/h2-8,17H,9-13H2,1H3. The number of likely N-dealkylation sites (tertiary alicyclic amines) is 1. The average Bonchev–Trinajstić information content (AvgIpc) is 3.07. The fourth-order valence-electron chi connectivity index (χ4n) is 3.46. The van der Waals surface area contributed by atoms with Crippen LogP contribution < -0.4 is 0 Å². The van der Waals surface area contributed by atoms with Gasteiger partial charge in [0.2, 0.25) is 5.89 Å². The number of rotatable bonds is 5.